The van der Waals surface area contributed by atoms with Gasteiger partial charge in [-0.15, -0.1) is 11.3 Å². The zero-order chi connectivity index (χ0) is 14.8. The van der Waals surface area contributed by atoms with Crippen molar-refractivity contribution in [2.45, 2.75) is 12.0 Å². The average molecular weight is 417 g/mol. The summed E-state index contributed by atoms with van der Waals surface area (Å²) >= 11 is 3.87. The highest BCUT2D eigenvalue weighted by Crippen LogP contribution is 2.38. The van der Waals surface area contributed by atoms with E-state index in [1.807, 2.05) is 29.6 Å². The Hall–Kier alpha value is -0.830. The topological polar surface area (TPSA) is 64.7 Å². The maximum Gasteiger partial charge on any atom is 0.161 e. The molecule has 2 unspecified atom stereocenters. The number of hydrogen-bond donors (Lipinski definition) is 2. The molecule has 0 spiro atoms. The third-order valence-corrected chi connectivity index (χ3v) is 5.37. The van der Waals surface area contributed by atoms with Crippen molar-refractivity contribution >= 4 is 33.9 Å². The summed E-state index contributed by atoms with van der Waals surface area (Å²) in [7, 11) is 0. The third-order valence-electron chi connectivity index (χ3n) is 3.56. The summed E-state index contributed by atoms with van der Waals surface area (Å²) in [6.07, 6.45) is -0.614. The van der Waals surface area contributed by atoms with Crippen LogP contribution in [0.15, 0.2) is 29.6 Å². The van der Waals surface area contributed by atoms with Crippen molar-refractivity contribution in [1.82, 2.24) is 0 Å². The highest BCUT2D eigenvalue weighted by Gasteiger charge is 2.24. The number of rotatable bonds is 4. The molecular weight excluding hydrogens is 401 g/mol. The molecule has 1 aliphatic rings. The molecule has 1 aromatic carbocycles. The van der Waals surface area contributed by atoms with Crippen LogP contribution in [0, 0.1) is 2.88 Å². The van der Waals surface area contributed by atoms with E-state index < -0.39 is 6.10 Å². The van der Waals surface area contributed by atoms with Crippen LogP contribution in [0.25, 0.3) is 0 Å². The molecule has 0 fully saturated rings. The first-order chi connectivity index (χ1) is 10.2. The highest BCUT2D eigenvalue weighted by atomic mass is 127. The van der Waals surface area contributed by atoms with Crippen molar-refractivity contribution in [2.75, 3.05) is 19.8 Å². The molecule has 4 nitrogen and oxygen atoms in total. The molecule has 112 valence electrons. The van der Waals surface area contributed by atoms with Gasteiger partial charge in [-0.25, -0.2) is 0 Å². The maximum atomic E-state index is 10.6. The Kier molecular flexibility index (Phi) is 4.68. The number of aliphatic hydroxyl groups is 1. The Morgan fingerprint density at radius 3 is 2.62 bits per heavy atom. The summed E-state index contributed by atoms with van der Waals surface area (Å²) in [4.78, 5) is 0. The zero-order valence-electron chi connectivity index (χ0n) is 11.3. The van der Waals surface area contributed by atoms with Gasteiger partial charge in [0.1, 0.15) is 13.2 Å². The van der Waals surface area contributed by atoms with Crippen LogP contribution in [0.1, 0.15) is 23.1 Å². The van der Waals surface area contributed by atoms with Gasteiger partial charge < -0.3 is 20.3 Å². The van der Waals surface area contributed by atoms with Gasteiger partial charge in [0, 0.05) is 12.5 Å². The van der Waals surface area contributed by atoms with Gasteiger partial charge >= 0.3 is 0 Å². The Bertz CT molecular complexity index is 631. The number of nitrogens with two attached hydrogens (primary N) is 1. The summed E-state index contributed by atoms with van der Waals surface area (Å²) in [6, 6.07) is 7.76. The molecule has 21 heavy (non-hydrogen) atoms. The second-order valence-corrected chi connectivity index (χ2v) is 7.68. The van der Waals surface area contributed by atoms with Crippen molar-refractivity contribution in [2.24, 2.45) is 5.73 Å². The summed E-state index contributed by atoms with van der Waals surface area (Å²) in [5.74, 6) is 1.32. The number of ether oxygens (including phenoxy) is 2. The average Bonchev–Trinajstić information content (AvgIpc) is 2.94. The summed E-state index contributed by atoms with van der Waals surface area (Å²) in [5, 5.41) is 12.6. The van der Waals surface area contributed by atoms with Gasteiger partial charge in [0.15, 0.2) is 11.5 Å². The van der Waals surface area contributed by atoms with Gasteiger partial charge in [-0.05, 0) is 57.3 Å². The van der Waals surface area contributed by atoms with E-state index in [9.17, 15) is 5.11 Å². The predicted molar refractivity (Wildman–Crippen MR) is 91.2 cm³/mol. The summed E-state index contributed by atoms with van der Waals surface area (Å²) in [6.45, 7) is 1.49. The van der Waals surface area contributed by atoms with Gasteiger partial charge in [-0.3, -0.25) is 0 Å². The van der Waals surface area contributed by atoms with Crippen molar-refractivity contribution in [3.8, 4) is 11.5 Å². The normalized spacial score (nSPS) is 16.5. The number of fused-ring (bicyclic) bond motifs is 1. The minimum Gasteiger partial charge on any atom is -0.486 e. The number of hydrogen-bond acceptors (Lipinski definition) is 5. The van der Waals surface area contributed by atoms with Gasteiger partial charge in [-0.2, -0.15) is 0 Å². The van der Waals surface area contributed by atoms with E-state index in [-0.39, 0.29) is 5.92 Å². The van der Waals surface area contributed by atoms with Crippen LogP contribution in [0.2, 0.25) is 0 Å². The number of aliphatic hydroxyl groups excluding tert-OH is 1. The lowest BCUT2D eigenvalue weighted by Crippen LogP contribution is -2.21. The minimum atomic E-state index is -0.614. The smallest absolute Gasteiger partial charge is 0.161 e. The fourth-order valence-corrected chi connectivity index (χ4v) is 3.85. The van der Waals surface area contributed by atoms with Gasteiger partial charge in [0.05, 0.1) is 8.99 Å². The first-order valence-electron chi connectivity index (χ1n) is 6.70. The Morgan fingerprint density at radius 1 is 1.19 bits per heavy atom. The molecule has 0 bridgehead atoms. The number of thiophene rings is 1. The number of benzene rings is 1. The van der Waals surface area contributed by atoms with Crippen molar-refractivity contribution < 1.29 is 14.6 Å². The fraction of sp³-hybridized carbons (Fsp3) is 0.333. The van der Waals surface area contributed by atoms with Crippen molar-refractivity contribution in [1.29, 1.82) is 0 Å². The van der Waals surface area contributed by atoms with Gasteiger partial charge in [0.2, 0.25) is 0 Å². The van der Waals surface area contributed by atoms with Crippen molar-refractivity contribution in [3.63, 3.8) is 0 Å². The quantitative estimate of drug-likeness (QED) is 0.752. The molecular formula is C15H16INO3S. The minimum absolute atomic E-state index is 0.161. The molecule has 1 aliphatic heterocycles. The molecule has 0 saturated heterocycles. The van der Waals surface area contributed by atoms with Crippen molar-refractivity contribution in [3.05, 3.63) is 43.7 Å². The largest absolute Gasteiger partial charge is 0.486 e. The lowest BCUT2D eigenvalue weighted by Gasteiger charge is -2.24. The van der Waals surface area contributed by atoms with Gasteiger partial charge in [0.25, 0.3) is 0 Å². The van der Waals surface area contributed by atoms with Crippen LogP contribution >= 0.6 is 33.9 Å². The first kappa shape index (κ1) is 15.1. The van der Waals surface area contributed by atoms with Crippen LogP contribution in [-0.4, -0.2) is 24.9 Å². The molecule has 1 aromatic heterocycles. The second kappa shape index (κ2) is 6.51. The molecule has 0 saturated carbocycles. The lowest BCUT2D eigenvalue weighted by atomic mass is 9.90. The van der Waals surface area contributed by atoms with Gasteiger partial charge in [-0.1, -0.05) is 6.07 Å². The number of halogens is 1. The van der Waals surface area contributed by atoms with E-state index in [1.165, 1.54) is 0 Å². The third kappa shape index (κ3) is 3.18. The monoisotopic (exact) mass is 417 g/mol. The molecule has 0 radical (unpaired) electrons. The molecule has 0 aliphatic carbocycles. The summed E-state index contributed by atoms with van der Waals surface area (Å²) < 4.78 is 12.3. The van der Waals surface area contributed by atoms with E-state index >= 15 is 0 Å². The van der Waals surface area contributed by atoms with E-state index in [1.54, 1.807) is 11.3 Å². The molecule has 2 heterocycles. The van der Waals surface area contributed by atoms with E-state index in [2.05, 4.69) is 22.6 Å². The van der Waals surface area contributed by atoms with E-state index in [0.29, 0.717) is 19.8 Å². The van der Waals surface area contributed by atoms with Crippen LogP contribution < -0.4 is 15.2 Å². The second-order valence-electron chi connectivity index (χ2n) is 4.87. The Morgan fingerprint density at radius 2 is 1.95 bits per heavy atom. The lowest BCUT2D eigenvalue weighted by molar-refractivity contribution is 0.146. The predicted octanol–water partition coefficient (Wildman–Crippen LogP) is 2.90. The zero-order valence-corrected chi connectivity index (χ0v) is 14.3. The van der Waals surface area contributed by atoms with Crippen LogP contribution in [0.3, 0.4) is 0 Å². The standard InChI is InChI=1S/C15H16INO3S/c16-14-6-10(8-21-14)15(18)11(7-17)9-1-2-12-13(5-9)20-4-3-19-12/h1-2,5-6,8,11,15,18H,3-4,7,17H2. The molecule has 0 amide bonds. The SMILES string of the molecule is NCC(c1ccc2c(c1)OCCO2)C(O)c1csc(I)c1. The molecule has 3 rings (SSSR count). The summed E-state index contributed by atoms with van der Waals surface area (Å²) in [5.41, 5.74) is 7.78. The molecule has 2 aromatic rings. The Labute approximate surface area is 141 Å². The fourth-order valence-electron chi connectivity index (χ4n) is 2.45. The van der Waals surface area contributed by atoms with Crippen LogP contribution in [-0.2, 0) is 0 Å². The maximum absolute atomic E-state index is 10.6. The van der Waals surface area contributed by atoms with Crippen LogP contribution in [0.4, 0.5) is 0 Å². The molecule has 3 N–H and O–H groups in total. The first-order valence-corrected chi connectivity index (χ1v) is 8.66. The Balaban J connectivity index is 1.89. The van der Waals surface area contributed by atoms with Crippen LogP contribution in [0.5, 0.6) is 11.5 Å². The molecule has 6 heteroatoms. The molecule has 2 atom stereocenters. The van der Waals surface area contributed by atoms with E-state index in [0.717, 1.165) is 25.5 Å². The van der Waals surface area contributed by atoms with E-state index in [4.69, 9.17) is 15.2 Å². The highest BCUT2D eigenvalue weighted by molar-refractivity contribution is 14.1.